The van der Waals surface area contributed by atoms with Crippen molar-refractivity contribution < 1.29 is 0 Å². The molecule has 17 heavy (non-hydrogen) atoms. The van der Waals surface area contributed by atoms with Gasteiger partial charge in [-0.05, 0) is 57.5 Å². The Hall–Kier alpha value is -0.0800. The normalized spacial score (nSPS) is 34.9. The van der Waals surface area contributed by atoms with Crippen LogP contribution in [0.15, 0.2) is 0 Å². The molecule has 0 aromatic rings. The summed E-state index contributed by atoms with van der Waals surface area (Å²) in [5.74, 6) is 0.837. The molecule has 0 radical (unpaired) electrons. The van der Waals surface area contributed by atoms with Crippen molar-refractivity contribution in [1.29, 1.82) is 0 Å². The minimum atomic E-state index is 0.465. The number of rotatable bonds is 4. The van der Waals surface area contributed by atoms with Crippen molar-refractivity contribution >= 4 is 0 Å². The molecule has 0 aromatic heterocycles. The molecule has 2 unspecified atom stereocenters. The van der Waals surface area contributed by atoms with Gasteiger partial charge < -0.3 is 10.2 Å². The van der Waals surface area contributed by atoms with E-state index < -0.39 is 0 Å². The number of nitrogens with one attached hydrogen (secondary N) is 1. The number of likely N-dealkylation sites (N-methyl/N-ethyl adjacent to an activating group) is 1. The second-order valence-corrected chi connectivity index (χ2v) is 7.51. The molecule has 0 aromatic carbocycles. The van der Waals surface area contributed by atoms with E-state index in [1.807, 2.05) is 0 Å². The summed E-state index contributed by atoms with van der Waals surface area (Å²) in [5, 5.41) is 3.87. The van der Waals surface area contributed by atoms with Crippen LogP contribution in [-0.4, -0.2) is 37.1 Å². The third-order valence-electron chi connectivity index (χ3n) is 5.26. The molecule has 2 atom stereocenters. The van der Waals surface area contributed by atoms with Gasteiger partial charge in [-0.1, -0.05) is 20.8 Å². The van der Waals surface area contributed by atoms with Crippen molar-refractivity contribution in [3.05, 3.63) is 0 Å². The molecule has 2 heteroatoms. The van der Waals surface area contributed by atoms with E-state index in [1.165, 1.54) is 38.6 Å². The molecule has 2 aliphatic carbocycles. The summed E-state index contributed by atoms with van der Waals surface area (Å²) < 4.78 is 0. The second kappa shape index (κ2) is 4.55. The first-order valence-electron chi connectivity index (χ1n) is 7.26. The first kappa shape index (κ1) is 13.4. The summed E-state index contributed by atoms with van der Waals surface area (Å²) in [6, 6.07) is 0.738. The molecule has 2 aliphatic rings. The third-order valence-corrected chi connectivity index (χ3v) is 5.26. The highest BCUT2D eigenvalue weighted by Gasteiger charge is 2.41. The lowest BCUT2D eigenvalue weighted by molar-refractivity contribution is 0.0557. The Labute approximate surface area is 107 Å². The Morgan fingerprint density at radius 3 is 2.18 bits per heavy atom. The maximum absolute atomic E-state index is 3.87. The maximum atomic E-state index is 3.87. The molecular formula is C15H30N2. The van der Waals surface area contributed by atoms with Crippen LogP contribution >= 0.6 is 0 Å². The van der Waals surface area contributed by atoms with Crippen LogP contribution in [0.4, 0.5) is 0 Å². The van der Waals surface area contributed by atoms with Gasteiger partial charge in [-0.2, -0.15) is 0 Å². The lowest BCUT2D eigenvalue weighted by Crippen LogP contribution is -2.58. The lowest BCUT2D eigenvalue weighted by Gasteiger charge is -2.48. The van der Waals surface area contributed by atoms with E-state index >= 15 is 0 Å². The topological polar surface area (TPSA) is 15.3 Å². The average Bonchev–Trinajstić information content (AvgIpc) is 2.37. The summed E-state index contributed by atoms with van der Waals surface area (Å²) in [6.45, 7) is 8.42. The highest BCUT2D eigenvalue weighted by Crippen LogP contribution is 2.42. The van der Waals surface area contributed by atoms with Crippen molar-refractivity contribution in [3.63, 3.8) is 0 Å². The molecular weight excluding hydrogens is 208 g/mol. The van der Waals surface area contributed by atoms with Crippen molar-refractivity contribution in [2.75, 3.05) is 20.6 Å². The molecule has 0 heterocycles. The zero-order valence-corrected chi connectivity index (χ0v) is 12.3. The highest BCUT2D eigenvalue weighted by molar-refractivity contribution is 5.00. The predicted molar refractivity (Wildman–Crippen MR) is 74.2 cm³/mol. The molecule has 0 saturated heterocycles. The van der Waals surface area contributed by atoms with Gasteiger partial charge in [-0.15, -0.1) is 0 Å². The van der Waals surface area contributed by atoms with Crippen LogP contribution in [0.3, 0.4) is 0 Å². The van der Waals surface area contributed by atoms with E-state index in [0.717, 1.165) is 12.0 Å². The molecule has 1 N–H and O–H groups in total. The zero-order chi connectivity index (χ0) is 12.7. The van der Waals surface area contributed by atoms with Crippen LogP contribution in [0, 0.1) is 11.3 Å². The van der Waals surface area contributed by atoms with E-state index in [4.69, 9.17) is 0 Å². The SMILES string of the molecule is CC1CC(C)(C)CC1NCC1(N(C)C)CCC1. The number of nitrogens with zero attached hydrogens (tertiary/aromatic N) is 1. The van der Waals surface area contributed by atoms with Crippen molar-refractivity contribution in [2.45, 2.75) is 64.5 Å². The Morgan fingerprint density at radius 1 is 1.18 bits per heavy atom. The van der Waals surface area contributed by atoms with Gasteiger partial charge in [0.05, 0.1) is 0 Å². The van der Waals surface area contributed by atoms with Gasteiger partial charge in [-0.25, -0.2) is 0 Å². The fourth-order valence-corrected chi connectivity index (χ4v) is 3.86. The molecule has 100 valence electrons. The first-order chi connectivity index (χ1) is 7.85. The average molecular weight is 238 g/mol. The smallest absolute Gasteiger partial charge is 0.0328 e. The Kier molecular flexibility index (Phi) is 3.57. The van der Waals surface area contributed by atoms with Crippen molar-refractivity contribution in [3.8, 4) is 0 Å². The summed E-state index contributed by atoms with van der Waals surface area (Å²) in [7, 11) is 4.48. The fourth-order valence-electron chi connectivity index (χ4n) is 3.86. The standard InChI is InChI=1S/C15H30N2/c1-12-9-14(2,3)10-13(12)16-11-15(17(4)5)7-6-8-15/h12-13,16H,6-11H2,1-5H3. The van der Waals surface area contributed by atoms with E-state index in [-0.39, 0.29) is 0 Å². The van der Waals surface area contributed by atoms with Gasteiger partial charge in [0.15, 0.2) is 0 Å². The summed E-state index contributed by atoms with van der Waals surface area (Å²) in [4.78, 5) is 2.44. The van der Waals surface area contributed by atoms with Gasteiger partial charge in [-0.3, -0.25) is 0 Å². The zero-order valence-electron chi connectivity index (χ0n) is 12.3. The van der Waals surface area contributed by atoms with Crippen LogP contribution < -0.4 is 5.32 Å². The van der Waals surface area contributed by atoms with E-state index in [9.17, 15) is 0 Å². The number of hydrogen-bond acceptors (Lipinski definition) is 2. The van der Waals surface area contributed by atoms with E-state index in [1.54, 1.807) is 0 Å². The molecule has 0 bridgehead atoms. The summed E-state index contributed by atoms with van der Waals surface area (Å²) in [6.07, 6.45) is 6.87. The van der Waals surface area contributed by atoms with Crippen molar-refractivity contribution in [1.82, 2.24) is 10.2 Å². The monoisotopic (exact) mass is 238 g/mol. The highest BCUT2D eigenvalue weighted by atomic mass is 15.2. The molecule has 0 amide bonds. The molecule has 0 aliphatic heterocycles. The molecule has 2 saturated carbocycles. The van der Waals surface area contributed by atoms with E-state index in [0.29, 0.717) is 11.0 Å². The van der Waals surface area contributed by atoms with Gasteiger partial charge >= 0.3 is 0 Å². The lowest BCUT2D eigenvalue weighted by atomic mass is 9.75. The van der Waals surface area contributed by atoms with E-state index in [2.05, 4.69) is 45.1 Å². The summed E-state index contributed by atoms with van der Waals surface area (Å²) >= 11 is 0. The molecule has 0 spiro atoms. The van der Waals surface area contributed by atoms with Crippen LogP contribution in [0.2, 0.25) is 0 Å². The van der Waals surface area contributed by atoms with Crippen molar-refractivity contribution in [2.24, 2.45) is 11.3 Å². The Bertz CT molecular complexity index is 266. The third kappa shape index (κ3) is 2.68. The van der Waals surface area contributed by atoms with Gasteiger partial charge in [0.25, 0.3) is 0 Å². The van der Waals surface area contributed by atoms with Crippen LogP contribution in [0.5, 0.6) is 0 Å². The fraction of sp³-hybridized carbons (Fsp3) is 1.00. The molecule has 2 rings (SSSR count). The minimum Gasteiger partial charge on any atom is -0.312 e. The van der Waals surface area contributed by atoms with Crippen LogP contribution in [0.25, 0.3) is 0 Å². The van der Waals surface area contributed by atoms with Crippen LogP contribution in [-0.2, 0) is 0 Å². The molecule has 2 fully saturated rings. The predicted octanol–water partition coefficient (Wildman–Crippen LogP) is 2.89. The summed E-state index contributed by atoms with van der Waals surface area (Å²) in [5.41, 5.74) is 1.01. The Balaban J connectivity index is 1.86. The largest absolute Gasteiger partial charge is 0.312 e. The first-order valence-corrected chi connectivity index (χ1v) is 7.26. The van der Waals surface area contributed by atoms with Gasteiger partial charge in [0, 0.05) is 18.1 Å². The van der Waals surface area contributed by atoms with Crippen LogP contribution in [0.1, 0.15) is 52.9 Å². The Morgan fingerprint density at radius 2 is 1.82 bits per heavy atom. The number of hydrogen-bond donors (Lipinski definition) is 1. The second-order valence-electron chi connectivity index (χ2n) is 7.51. The maximum Gasteiger partial charge on any atom is 0.0328 e. The minimum absolute atomic E-state index is 0.465. The molecule has 2 nitrogen and oxygen atoms in total. The quantitative estimate of drug-likeness (QED) is 0.810. The van der Waals surface area contributed by atoms with Gasteiger partial charge in [0.1, 0.15) is 0 Å². The van der Waals surface area contributed by atoms with Gasteiger partial charge in [0.2, 0.25) is 0 Å².